The number of amides is 1. The van der Waals surface area contributed by atoms with Crippen molar-refractivity contribution in [3.63, 3.8) is 0 Å². The highest BCUT2D eigenvalue weighted by Crippen LogP contribution is 2.13. The Kier molecular flexibility index (Phi) is 10.3. The van der Waals surface area contributed by atoms with Crippen molar-refractivity contribution < 1.29 is 24.6 Å². The Balaban J connectivity index is 0.000000823. The molecule has 1 heterocycles. The molecule has 1 aliphatic rings. The first-order valence-corrected chi connectivity index (χ1v) is 8.77. The van der Waals surface area contributed by atoms with E-state index in [1.165, 1.54) is 0 Å². The summed E-state index contributed by atoms with van der Waals surface area (Å²) in [6.45, 7) is 17.9. The Morgan fingerprint density at radius 1 is 0.880 bits per heavy atom. The van der Waals surface area contributed by atoms with Crippen LogP contribution in [0.1, 0.15) is 41.5 Å². The molecule has 0 aromatic rings. The summed E-state index contributed by atoms with van der Waals surface area (Å²) in [5.74, 6) is -3.38. The highest BCUT2D eigenvalue weighted by atomic mass is 16.4. The van der Waals surface area contributed by atoms with Crippen LogP contribution in [0, 0.1) is 0 Å². The van der Waals surface area contributed by atoms with Crippen molar-refractivity contribution in [1.82, 2.24) is 14.7 Å². The molecule has 146 valence electrons. The van der Waals surface area contributed by atoms with E-state index in [4.69, 9.17) is 19.8 Å². The standard InChI is InChI=1S/C15H31N3O.C2H2O4/c1-7-16-8-10-17(11-9-16)14(6)15(19)18(12(2)3)13(4)5;3-1(4)2(5)6/h12-14H,7-11H2,1-6H3;(H,3,4)(H,5,6). The van der Waals surface area contributed by atoms with Gasteiger partial charge in [0.1, 0.15) is 0 Å². The van der Waals surface area contributed by atoms with Crippen molar-refractivity contribution in [2.75, 3.05) is 32.7 Å². The van der Waals surface area contributed by atoms with Gasteiger partial charge in [0.15, 0.2) is 0 Å². The number of hydrogen-bond acceptors (Lipinski definition) is 5. The summed E-state index contributed by atoms with van der Waals surface area (Å²) < 4.78 is 0. The fraction of sp³-hybridized carbons (Fsp3) is 0.824. The highest BCUT2D eigenvalue weighted by Gasteiger charge is 2.30. The maximum absolute atomic E-state index is 12.6. The number of carbonyl (C=O) groups excluding carboxylic acids is 1. The summed E-state index contributed by atoms with van der Waals surface area (Å²) in [4.78, 5) is 37.6. The number of carbonyl (C=O) groups is 3. The molecule has 0 aromatic carbocycles. The van der Waals surface area contributed by atoms with Crippen LogP contribution >= 0.6 is 0 Å². The predicted octanol–water partition coefficient (Wildman–Crippen LogP) is 0.813. The summed E-state index contributed by atoms with van der Waals surface area (Å²) in [7, 11) is 0. The Morgan fingerprint density at radius 2 is 1.28 bits per heavy atom. The van der Waals surface area contributed by atoms with Crippen LogP contribution in [0.4, 0.5) is 0 Å². The molecule has 1 amide bonds. The van der Waals surface area contributed by atoms with Crippen LogP contribution in [-0.4, -0.2) is 93.6 Å². The molecule has 0 saturated carbocycles. The third-order valence-electron chi connectivity index (χ3n) is 4.31. The van der Waals surface area contributed by atoms with Gasteiger partial charge in [-0.1, -0.05) is 6.92 Å². The Morgan fingerprint density at radius 3 is 1.56 bits per heavy atom. The van der Waals surface area contributed by atoms with E-state index in [1.54, 1.807) is 0 Å². The number of carboxylic acid groups (broad SMARTS) is 2. The Hall–Kier alpha value is -1.67. The van der Waals surface area contributed by atoms with Gasteiger partial charge in [-0.2, -0.15) is 0 Å². The van der Waals surface area contributed by atoms with Gasteiger partial charge in [0.05, 0.1) is 6.04 Å². The molecule has 1 fully saturated rings. The van der Waals surface area contributed by atoms with E-state index in [0.717, 1.165) is 32.7 Å². The average Bonchev–Trinajstić information content (AvgIpc) is 2.54. The molecule has 0 radical (unpaired) electrons. The minimum atomic E-state index is -1.82. The summed E-state index contributed by atoms with van der Waals surface area (Å²) in [5.41, 5.74) is 0. The van der Waals surface area contributed by atoms with Gasteiger partial charge >= 0.3 is 11.9 Å². The summed E-state index contributed by atoms with van der Waals surface area (Å²) in [6, 6.07) is 0.544. The third-order valence-corrected chi connectivity index (χ3v) is 4.31. The first-order valence-electron chi connectivity index (χ1n) is 8.77. The first kappa shape index (κ1) is 23.3. The smallest absolute Gasteiger partial charge is 0.414 e. The molecule has 0 aromatic heterocycles. The number of aliphatic carboxylic acids is 2. The fourth-order valence-corrected chi connectivity index (χ4v) is 2.94. The van der Waals surface area contributed by atoms with Crippen LogP contribution in [-0.2, 0) is 14.4 Å². The van der Waals surface area contributed by atoms with Crippen molar-refractivity contribution in [2.24, 2.45) is 0 Å². The lowest BCUT2D eigenvalue weighted by atomic mass is 10.1. The molecule has 1 rings (SSSR count). The predicted molar refractivity (Wildman–Crippen MR) is 95.5 cm³/mol. The molecule has 1 atom stereocenters. The SMILES string of the molecule is CCN1CCN(C(C)C(=O)N(C(C)C)C(C)C)CC1.O=C(O)C(=O)O. The molecule has 8 heteroatoms. The number of piperazine rings is 1. The zero-order valence-corrected chi connectivity index (χ0v) is 16.2. The second-order valence-corrected chi connectivity index (χ2v) is 6.69. The lowest BCUT2D eigenvalue weighted by molar-refractivity contribution is -0.159. The second-order valence-electron chi connectivity index (χ2n) is 6.69. The molecule has 1 aliphatic heterocycles. The number of hydrogen-bond donors (Lipinski definition) is 2. The molecule has 2 N–H and O–H groups in total. The number of likely N-dealkylation sites (N-methyl/N-ethyl adjacent to an activating group) is 1. The monoisotopic (exact) mass is 359 g/mol. The van der Waals surface area contributed by atoms with Gasteiger partial charge in [0.25, 0.3) is 0 Å². The van der Waals surface area contributed by atoms with E-state index < -0.39 is 11.9 Å². The Labute approximate surface area is 150 Å². The zero-order chi connectivity index (χ0) is 19.7. The molecule has 0 spiro atoms. The summed E-state index contributed by atoms with van der Waals surface area (Å²) in [6.07, 6.45) is 0. The molecular weight excluding hydrogens is 326 g/mol. The molecule has 0 aliphatic carbocycles. The second kappa shape index (κ2) is 11.0. The number of nitrogens with zero attached hydrogens (tertiary/aromatic N) is 3. The summed E-state index contributed by atoms with van der Waals surface area (Å²) in [5, 5.41) is 14.8. The van der Waals surface area contributed by atoms with E-state index in [0.29, 0.717) is 0 Å². The molecule has 1 saturated heterocycles. The molecule has 0 bridgehead atoms. The normalized spacial score (nSPS) is 17.0. The van der Waals surface area contributed by atoms with Crippen molar-refractivity contribution in [3.8, 4) is 0 Å². The van der Waals surface area contributed by atoms with Crippen LogP contribution < -0.4 is 0 Å². The lowest BCUT2D eigenvalue weighted by Gasteiger charge is -2.40. The minimum Gasteiger partial charge on any atom is -0.473 e. The van der Waals surface area contributed by atoms with Gasteiger partial charge in [-0.15, -0.1) is 0 Å². The van der Waals surface area contributed by atoms with Gasteiger partial charge in [0.2, 0.25) is 5.91 Å². The molecular formula is C17H33N3O5. The minimum absolute atomic E-state index is 0.00352. The van der Waals surface area contributed by atoms with Gasteiger partial charge < -0.3 is 20.0 Å². The molecule has 25 heavy (non-hydrogen) atoms. The van der Waals surface area contributed by atoms with E-state index in [1.807, 2.05) is 4.90 Å². The van der Waals surface area contributed by atoms with Crippen molar-refractivity contribution >= 4 is 17.8 Å². The summed E-state index contributed by atoms with van der Waals surface area (Å²) >= 11 is 0. The first-order chi connectivity index (χ1) is 11.5. The van der Waals surface area contributed by atoms with Crippen LogP contribution in [0.2, 0.25) is 0 Å². The maximum Gasteiger partial charge on any atom is 0.414 e. The van der Waals surface area contributed by atoms with Crippen LogP contribution in [0.5, 0.6) is 0 Å². The lowest BCUT2D eigenvalue weighted by Crippen LogP contribution is -2.56. The van der Waals surface area contributed by atoms with Gasteiger partial charge in [0, 0.05) is 38.3 Å². The Bertz CT molecular complexity index is 426. The zero-order valence-electron chi connectivity index (χ0n) is 16.2. The van der Waals surface area contributed by atoms with Gasteiger partial charge in [-0.05, 0) is 41.2 Å². The van der Waals surface area contributed by atoms with Gasteiger partial charge in [-0.25, -0.2) is 9.59 Å². The van der Waals surface area contributed by atoms with Crippen LogP contribution in [0.3, 0.4) is 0 Å². The van der Waals surface area contributed by atoms with Crippen molar-refractivity contribution in [3.05, 3.63) is 0 Å². The van der Waals surface area contributed by atoms with Crippen molar-refractivity contribution in [1.29, 1.82) is 0 Å². The highest BCUT2D eigenvalue weighted by molar-refractivity contribution is 6.27. The van der Waals surface area contributed by atoms with E-state index >= 15 is 0 Å². The van der Waals surface area contributed by atoms with E-state index in [-0.39, 0.29) is 24.0 Å². The topological polar surface area (TPSA) is 101 Å². The molecule has 8 nitrogen and oxygen atoms in total. The largest absolute Gasteiger partial charge is 0.473 e. The van der Waals surface area contributed by atoms with Crippen LogP contribution in [0.25, 0.3) is 0 Å². The molecule has 1 unspecified atom stereocenters. The van der Waals surface area contributed by atoms with Gasteiger partial charge in [-0.3, -0.25) is 9.69 Å². The van der Waals surface area contributed by atoms with Crippen molar-refractivity contribution in [2.45, 2.75) is 59.7 Å². The fourth-order valence-electron chi connectivity index (χ4n) is 2.94. The average molecular weight is 359 g/mol. The third kappa shape index (κ3) is 7.83. The van der Waals surface area contributed by atoms with E-state index in [2.05, 4.69) is 51.3 Å². The van der Waals surface area contributed by atoms with E-state index in [9.17, 15) is 4.79 Å². The quantitative estimate of drug-likeness (QED) is 0.701. The van der Waals surface area contributed by atoms with Crippen LogP contribution in [0.15, 0.2) is 0 Å². The number of rotatable bonds is 5. The number of carboxylic acids is 2. The maximum atomic E-state index is 12.6.